The minimum absolute atomic E-state index is 0.0488. The molecular weight excluding hydrogens is 370 g/mol. The molecule has 1 unspecified atom stereocenters. The van der Waals surface area contributed by atoms with Crippen molar-refractivity contribution in [3.63, 3.8) is 0 Å². The molecule has 1 aliphatic rings. The maximum atomic E-state index is 10.4. The minimum Gasteiger partial charge on any atom is -0.497 e. The van der Waals surface area contributed by atoms with Crippen LogP contribution in [0.3, 0.4) is 0 Å². The summed E-state index contributed by atoms with van der Waals surface area (Å²) in [6, 6.07) is 13.7. The Hall–Kier alpha value is -2.28. The minimum atomic E-state index is -0.769. The summed E-state index contributed by atoms with van der Waals surface area (Å²) in [5, 5.41) is 23.8. The largest absolute Gasteiger partial charge is 0.497 e. The van der Waals surface area contributed by atoms with Crippen LogP contribution >= 0.6 is 0 Å². The zero-order chi connectivity index (χ0) is 21.0. The SMILES string of the molecule is COc1ccc(CCOc2cc([C@@H]3CNC(O)[C@]3(C)[C@@H](C)O)ccc2OC)cc1. The number of hydrogen-bond acceptors (Lipinski definition) is 6. The smallest absolute Gasteiger partial charge is 0.161 e. The van der Waals surface area contributed by atoms with Gasteiger partial charge in [0.05, 0.1) is 26.9 Å². The molecule has 3 N–H and O–H groups in total. The summed E-state index contributed by atoms with van der Waals surface area (Å²) < 4.78 is 16.7. The van der Waals surface area contributed by atoms with Crippen LogP contribution in [0.25, 0.3) is 0 Å². The fourth-order valence-corrected chi connectivity index (χ4v) is 3.95. The van der Waals surface area contributed by atoms with Gasteiger partial charge in [0, 0.05) is 24.3 Å². The fourth-order valence-electron chi connectivity index (χ4n) is 3.95. The average Bonchev–Trinajstić information content (AvgIpc) is 3.04. The molecule has 6 nitrogen and oxygen atoms in total. The van der Waals surface area contributed by atoms with Crippen molar-refractivity contribution in [3.8, 4) is 17.2 Å². The number of nitrogens with one attached hydrogen (secondary N) is 1. The summed E-state index contributed by atoms with van der Waals surface area (Å²) in [7, 11) is 3.27. The number of ether oxygens (including phenoxy) is 3. The number of hydrogen-bond donors (Lipinski definition) is 3. The lowest BCUT2D eigenvalue weighted by molar-refractivity contribution is -0.0463. The van der Waals surface area contributed by atoms with Crippen LogP contribution in [0.5, 0.6) is 17.2 Å². The molecule has 1 fully saturated rings. The Morgan fingerprint density at radius 2 is 1.83 bits per heavy atom. The van der Waals surface area contributed by atoms with Gasteiger partial charge in [-0.15, -0.1) is 0 Å². The van der Waals surface area contributed by atoms with E-state index in [0.717, 1.165) is 23.3 Å². The molecule has 2 aromatic carbocycles. The van der Waals surface area contributed by atoms with Crippen LogP contribution in [-0.2, 0) is 6.42 Å². The van der Waals surface area contributed by atoms with E-state index in [1.165, 1.54) is 0 Å². The number of benzene rings is 2. The van der Waals surface area contributed by atoms with E-state index in [1.807, 2.05) is 49.4 Å². The molecule has 4 atom stereocenters. The standard InChI is InChI=1S/C23H31NO5/c1-15(25)23(2)19(14-24-22(23)26)17-7-10-20(28-4)21(13-17)29-12-11-16-5-8-18(27-3)9-6-16/h5-10,13,15,19,22,24-26H,11-12,14H2,1-4H3/t15-,19+,22?,23-/m1/s1. The lowest BCUT2D eigenvalue weighted by atomic mass is 9.71. The Kier molecular flexibility index (Phi) is 6.67. The highest BCUT2D eigenvalue weighted by atomic mass is 16.5. The predicted molar refractivity (Wildman–Crippen MR) is 112 cm³/mol. The maximum absolute atomic E-state index is 10.4. The zero-order valence-corrected chi connectivity index (χ0v) is 17.5. The summed E-state index contributed by atoms with van der Waals surface area (Å²) in [5.74, 6) is 2.10. The second-order valence-corrected chi connectivity index (χ2v) is 7.76. The van der Waals surface area contributed by atoms with Gasteiger partial charge < -0.3 is 24.4 Å². The molecular formula is C23H31NO5. The molecule has 0 saturated carbocycles. The van der Waals surface area contributed by atoms with Crippen molar-refractivity contribution in [1.82, 2.24) is 5.32 Å². The molecule has 6 heteroatoms. The van der Waals surface area contributed by atoms with E-state index in [1.54, 1.807) is 21.1 Å². The van der Waals surface area contributed by atoms with Gasteiger partial charge in [0.1, 0.15) is 12.0 Å². The Morgan fingerprint density at radius 1 is 1.10 bits per heavy atom. The second kappa shape index (κ2) is 9.03. The molecule has 1 heterocycles. The second-order valence-electron chi connectivity index (χ2n) is 7.76. The molecule has 29 heavy (non-hydrogen) atoms. The Morgan fingerprint density at radius 3 is 2.45 bits per heavy atom. The molecule has 0 radical (unpaired) electrons. The van der Waals surface area contributed by atoms with Crippen molar-refractivity contribution in [2.24, 2.45) is 5.41 Å². The van der Waals surface area contributed by atoms with Crippen LogP contribution in [0.1, 0.15) is 30.9 Å². The quantitative estimate of drug-likeness (QED) is 0.631. The van der Waals surface area contributed by atoms with Gasteiger partial charge in [-0.2, -0.15) is 0 Å². The van der Waals surface area contributed by atoms with E-state index in [2.05, 4.69) is 5.32 Å². The van der Waals surface area contributed by atoms with Gasteiger partial charge in [-0.25, -0.2) is 0 Å². The summed E-state index contributed by atoms with van der Waals surface area (Å²) in [5.41, 5.74) is 1.47. The number of methoxy groups -OCH3 is 2. The van der Waals surface area contributed by atoms with Gasteiger partial charge in [0.25, 0.3) is 0 Å². The van der Waals surface area contributed by atoms with Gasteiger partial charge in [0.2, 0.25) is 0 Å². The third-order valence-corrected chi connectivity index (χ3v) is 6.15. The highest BCUT2D eigenvalue weighted by Gasteiger charge is 2.50. The summed E-state index contributed by atoms with van der Waals surface area (Å²) >= 11 is 0. The first-order valence-corrected chi connectivity index (χ1v) is 9.93. The summed E-state index contributed by atoms with van der Waals surface area (Å²) in [6.45, 7) is 4.71. The summed E-state index contributed by atoms with van der Waals surface area (Å²) in [4.78, 5) is 0. The lowest BCUT2D eigenvalue weighted by Crippen LogP contribution is -2.44. The molecule has 2 aromatic rings. The predicted octanol–water partition coefficient (Wildman–Crippen LogP) is 2.72. The van der Waals surface area contributed by atoms with E-state index >= 15 is 0 Å². The van der Waals surface area contributed by atoms with Crippen molar-refractivity contribution < 1.29 is 24.4 Å². The molecule has 0 aliphatic carbocycles. The summed E-state index contributed by atoms with van der Waals surface area (Å²) in [6.07, 6.45) is -0.681. The first-order valence-electron chi connectivity index (χ1n) is 9.93. The zero-order valence-electron chi connectivity index (χ0n) is 17.5. The first-order chi connectivity index (χ1) is 13.9. The van der Waals surface area contributed by atoms with E-state index < -0.39 is 17.7 Å². The number of rotatable bonds is 8. The van der Waals surface area contributed by atoms with E-state index in [9.17, 15) is 10.2 Å². The van der Waals surface area contributed by atoms with E-state index in [4.69, 9.17) is 14.2 Å². The molecule has 1 aliphatic heterocycles. The maximum Gasteiger partial charge on any atom is 0.161 e. The molecule has 0 amide bonds. The third kappa shape index (κ3) is 4.34. The molecule has 1 saturated heterocycles. The van der Waals surface area contributed by atoms with Crippen molar-refractivity contribution in [3.05, 3.63) is 53.6 Å². The van der Waals surface area contributed by atoms with E-state index in [0.29, 0.717) is 24.7 Å². The van der Waals surface area contributed by atoms with Crippen LogP contribution in [0.2, 0.25) is 0 Å². The average molecular weight is 402 g/mol. The monoisotopic (exact) mass is 401 g/mol. The highest BCUT2D eigenvalue weighted by Crippen LogP contribution is 2.46. The fraction of sp³-hybridized carbons (Fsp3) is 0.478. The normalized spacial score (nSPS) is 24.9. The topological polar surface area (TPSA) is 80.2 Å². The number of aliphatic hydroxyl groups excluding tert-OH is 2. The Balaban J connectivity index is 1.75. The van der Waals surface area contributed by atoms with Crippen LogP contribution < -0.4 is 19.5 Å². The third-order valence-electron chi connectivity index (χ3n) is 6.15. The van der Waals surface area contributed by atoms with E-state index in [-0.39, 0.29) is 5.92 Å². The van der Waals surface area contributed by atoms with Crippen LogP contribution in [-0.4, -0.2) is 49.9 Å². The first kappa shape index (κ1) is 21.4. The highest BCUT2D eigenvalue weighted by molar-refractivity contribution is 5.45. The van der Waals surface area contributed by atoms with Crippen LogP contribution in [0.15, 0.2) is 42.5 Å². The van der Waals surface area contributed by atoms with Gasteiger partial charge in [-0.3, -0.25) is 5.32 Å². The van der Waals surface area contributed by atoms with Crippen LogP contribution in [0.4, 0.5) is 0 Å². The molecule has 3 rings (SSSR count). The lowest BCUT2D eigenvalue weighted by Gasteiger charge is -2.36. The molecule has 0 bridgehead atoms. The van der Waals surface area contributed by atoms with Gasteiger partial charge in [-0.05, 0) is 42.3 Å². The van der Waals surface area contributed by atoms with Crippen LogP contribution in [0, 0.1) is 5.41 Å². The van der Waals surface area contributed by atoms with Crippen molar-refractivity contribution in [1.29, 1.82) is 0 Å². The van der Waals surface area contributed by atoms with Gasteiger partial charge in [-0.1, -0.05) is 25.1 Å². The van der Waals surface area contributed by atoms with Gasteiger partial charge in [0.15, 0.2) is 11.5 Å². The Bertz CT molecular complexity index is 807. The molecule has 0 aromatic heterocycles. The van der Waals surface area contributed by atoms with Crippen molar-refractivity contribution >= 4 is 0 Å². The Labute approximate surface area is 172 Å². The van der Waals surface area contributed by atoms with Crippen molar-refractivity contribution in [2.45, 2.75) is 38.5 Å². The number of aliphatic hydroxyl groups is 2. The van der Waals surface area contributed by atoms with Crippen molar-refractivity contribution in [2.75, 3.05) is 27.4 Å². The molecule has 158 valence electrons. The van der Waals surface area contributed by atoms with Gasteiger partial charge >= 0.3 is 0 Å². The molecule has 0 spiro atoms.